The van der Waals surface area contributed by atoms with Crippen LogP contribution in [0.3, 0.4) is 0 Å². The van der Waals surface area contributed by atoms with E-state index in [4.69, 9.17) is 14.3 Å². The fourth-order valence-electron chi connectivity index (χ4n) is 4.05. The molecular formula is C24H21FN4O8. The molecule has 2 amide bonds. The Hall–Kier alpha value is -4.81. The van der Waals surface area contributed by atoms with Crippen LogP contribution in [0.2, 0.25) is 0 Å². The number of nitro groups is 1. The van der Waals surface area contributed by atoms with Gasteiger partial charge in [-0.15, -0.1) is 0 Å². The normalized spacial score (nSPS) is 19.1. The van der Waals surface area contributed by atoms with Crippen molar-refractivity contribution >= 4 is 29.4 Å². The number of ether oxygens (including phenoxy) is 2. The van der Waals surface area contributed by atoms with Crippen molar-refractivity contribution in [3.05, 3.63) is 86.9 Å². The van der Waals surface area contributed by atoms with Crippen molar-refractivity contribution in [1.29, 1.82) is 0 Å². The number of carbonyl (C=O) groups excluding carboxylic acids is 3. The molecule has 2 aromatic rings. The van der Waals surface area contributed by atoms with Crippen LogP contribution in [0.5, 0.6) is 0 Å². The van der Waals surface area contributed by atoms with Gasteiger partial charge in [-0.05, 0) is 35.4 Å². The van der Waals surface area contributed by atoms with E-state index in [2.05, 4.69) is 10.5 Å². The van der Waals surface area contributed by atoms with Gasteiger partial charge in [-0.3, -0.25) is 15.0 Å². The number of esters is 2. The summed E-state index contributed by atoms with van der Waals surface area (Å²) in [7, 11) is 2.21. The number of benzene rings is 2. The molecule has 0 aliphatic carbocycles. The molecule has 192 valence electrons. The third-order valence-electron chi connectivity index (χ3n) is 5.84. The average Bonchev–Trinajstić information content (AvgIpc) is 3.37. The number of halogens is 1. The highest BCUT2D eigenvalue weighted by Crippen LogP contribution is 2.33. The predicted molar refractivity (Wildman–Crippen MR) is 125 cm³/mol. The molecule has 2 unspecified atom stereocenters. The first kappa shape index (κ1) is 25.3. The van der Waals surface area contributed by atoms with Crippen LogP contribution in [0.15, 0.2) is 65.0 Å². The summed E-state index contributed by atoms with van der Waals surface area (Å²) in [6.07, 6.45) is -0.455. The molecule has 0 fully saturated rings. The predicted octanol–water partition coefficient (Wildman–Crippen LogP) is 2.59. The van der Waals surface area contributed by atoms with Crippen molar-refractivity contribution in [2.75, 3.05) is 20.8 Å². The van der Waals surface area contributed by atoms with Gasteiger partial charge < -0.3 is 19.6 Å². The summed E-state index contributed by atoms with van der Waals surface area (Å²) in [5.74, 6) is -2.29. The summed E-state index contributed by atoms with van der Waals surface area (Å²) in [5.41, 5.74) is 0.673. The van der Waals surface area contributed by atoms with E-state index in [1.54, 1.807) is 0 Å². The zero-order chi connectivity index (χ0) is 26.7. The Bertz CT molecular complexity index is 1310. The van der Waals surface area contributed by atoms with E-state index in [1.807, 2.05) is 0 Å². The van der Waals surface area contributed by atoms with Crippen LogP contribution in [0.25, 0.3) is 0 Å². The van der Waals surface area contributed by atoms with Crippen LogP contribution in [-0.2, 0) is 23.9 Å². The fourth-order valence-corrected chi connectivity index (χ4v) is 4.05. The number of hydrogen-bond acceptors (Lipinski definition) is 9. The van der Waals surface area contributed by atoms with Crippen molar-refractivity contribution in [2.24, 2.45) is 5.16 Å². The first-order valence-electron chi connectivity index (χ1n) is 10.9. The summed E-state index contributed by atoms with van der Waals surface area (Å²) in [6, 6.07) is 8.89. The minimum atomic E-state index is -1.15. The van der Waals surface area contributed by atoms with Crippen LogP contribution < -0.4 is 5.32 Å². The minimum Gasteiger partial charge on any atom is -0.466 e. The standard InChI is InChI=1S/C24H21FN4O8/c1-35-22(30)19-20(14-5-9-16(10-6-14)29(33)34)26-24(32)28(21(19)23(31)36-2)12-17-11-18(27-37-17)13-3-7-15(25)8-4-13/h3-10,17,20H,11-12H2,1-2H3,(H,26,32). The molecule has 2 atom stereocenters. The molecular weight excluding hydrogens is 491 g/mol. The number of oxime groups is 1. The number of nitro benzene ring substituents is 1. The number of urea groups is 1. The quantitative estimate of drug-likeness (QED) is 0.338. The molecule has 4 rings (SSSR count). The van der Waals surface area contributed by atoms with E-state index in [0.29, 0.717) is 16.8 Å². The second-order valence-corrected chi connectivity index (χ2v) is 8.06. The highest BCUT2D eigenvalue weighted by atomic mass is 19.1. The van der Waals surface area contributed by atoms with Crippen molar-refractivity contribution in [3.8, 4) is 0 Å². The summed E-state index contributed by atoms with van der Waals surface area (Å²) in [4.78, 5) is 55.8. The van der Waals surface area contributed by atoms with E-state index in [0.717, 1.165) is 19.1 Å². The summed E-state index contributed by atoms with van der Waals surface area (Å²) in [6.45, 7) is -0.183. The van der Waals surface area contributed by atoms with Gasteiger partial charge in [0.05, 0.1) is 43.0 Å². The number of rotatable bonds is 7. The molecule has 0 aromatic heterocycles. The zero-order valence-electron chi connectivity index (χ0n) is 19.7. The molecule has 2 aliphatic rings. The number of amides is 2. The smallest absolute Gasteiger partial charge is 0.355 e. The number of methoxy groups -OCH3 is 2. The van der Waals surface area contributed by atoms with Gasteiger partial charge in [0, 0.05) is 18.6 Å². The average molecular weight is 512 g/mol. The summed E-state index contributed by atoms with van der Waals surface area (Å²) < 4.78 is 23.0. The maximum Gasteiger partial charge on any atom is 0.355 e. The van der Waals surface area contributed by atoms with E-state index in [9.17, 15) is 28.9 Å². The molecule has 2 heterocycles. The van der Waals surface area contributed by atoms with E-state index < -0.39 is 40.9 Å². The number of carbonyl (C=O) groups is 3. The van der Waals surface area contributed by atoms with E-state index in [-0.39, 0.29) is 29.9 Å². The Morgan fingerprint density at radius 1 is 1.14 bits per heavy atom. The second-order valence-electron chi connectivity index (χ2n) is 8.06. The lowest BCUT2D eigenvalue weighted by Gasteiger charge is -2.35. The van der Waals surface area contributed by atoms with Crippen molar-refractivity contribution in [2.45, 2.75) is 18.6 Å². The lowest BCUT2D eigenvalue weighted by Crippen LogP contribution is -2.52. The van der Waals surface area contributed by atoms with Gasteiger partial charge >= 0.3 is 18.0 Å². The van der Waals surface area contributed by atoms with Gasteiger partial charge in [-0.2, -0.15) is 0 Å². The van der Waals surface area contributed by atoms with E-state index >= 15 is 0 Å². The minimum absolute atomic E-state index is 0.183. The Balaban J connectivity index is 1.67. The maximum atomic E-state index is 13.3. The molecule has 12 nitrogen and oxygen atoms in total. The third kappa shape index (κ3) is 5.10. The van der Waals surface area contributed by atoms with Gasteiger partial charge in [0.2, 0.25) is 0 Å². The molecule has 13 heteroatoms. The van der Waals surface area contributed by atoms with Gasteiger partial charge in [-0.25, -0.2) is 18.8 Å². The van der Waals surface area contributed by atoms with Gasteiger partial charge in [0.1, 0.15) is 11.5 Å². The molecule has 2 aliphatic heterocycles. The van der Waals surface area contributed by atoms with Crippen LogP contribution in [0, 0.1) is 15.9 Å². The lowest BCUT2D eigenvalue weighted by atomic mass is 9.94. The number of non-ortho nitro benzene ring substituents is 1. The summed E-state index contributed by atoms with van der Waals surface area (Å²) in [5, 5.41) is 17.7. The van der Waals surface area contributed by atoms with Crippen LogP contribution >= 0.6 is 0 Å². The molecule has 0 saturated carbocycles. The SMILES string of the molecule is COC(=O)C1=C(C(=O)OC)N(CC2CC(c3ccc(F)cc3)=NO2)C(=O)NC1c1ccc([N+](=O)[O-])cc1. The first-order valence-corrected chi connectivity index (χ1v) is 10.9. The van der Waals surface area contributed by atoms with Crippen LogP contribution in [-0.4, -0.2) is 60.4 Å². The Labute approximate surface area is 209 Å². The van der Waals surface area contributed by atoms with Crippen LogP contribution in [0.1, 0.15) is 23.6 Å². The van der Waals surface area contributed by atoms with Crippen LogP contribution in [0.4, 0.5) is 14.9 Å². The molecule has 0 saturated heterocycles. The van der Waals surface area contributed by atoms with Gasteiger partial charge in [-0.1, -0.05) is 17.3 Å². The molecule has 2 aromatic carbocycles. The van der Waals surface area contributed by atoms with Crippen molar-refractivity contribution < 1.29 is 38.0 Å². The first-order chi connectivity index (χ1) is 17.7. The Kier molecular flexibility index (Phi) is 7.13. The molecule has 0 bridgehead atoms. The van der Waals surface area contributed by atoms with Gasteiger partial charge in [0.25, 0.3) is 5.69 Å². The third-order valence-corrected chi connectivity index (χ3v) is 5.84. The Morgan fingerprint density at radius 3 is 2.38 bits per heavy atom. The monoisotopic (exact) mass is 512 g/mol. The Morgan fingerprint density at radius 2 is 1.78 bits per heavy atom. The fraction of sp³-hybridized carbons (Fsp3) is 0.250. The number of nitrogens with zero attached hydrogens (tertiary/aromatic N) is 3. The molecule has 0 spiro atoms. The lowest BCUT2D eigenvalue weighted by molar-refractivity contribution is -0.384. The second kappa shape index (κ2) is 10.4. The molecule has 0 radical (unpaired) electrons. The van der Waals surface area contributed by atoms with E-state index in [1.165, 1.54) is 48.5 Å². The number of hydrogen-bond donors (Lipinski definition) is 1. The molecule has 1 N–H and O–H groups in total. The summed E-state index contributed by atoms with van der Waals surface area (Å²) >= 11 is 0. The largest absolute Gasteiger partial charge is 0.466 e. The van der Waals surface area contributed by atoms with Crippen molar-refractivity contribution in [3.63, 3.8) is 0 Å². The maximum absolute atomic E-state index is 13.3. The topological polar surface area (TPSA) is 150 Å². The zero-order valence-corrected chi connectivity index (χ0v) is 19.7. The highest BCUT2D eigenvalue weighted by molar-refractivity contribution is 6.05. The highest BCUT2D eigenvalue weighted by Gasteiger charge is 2.43. The van der Waals surface area contributed by atoms with Gasteiger partial charge in [0.15, 0.2) is 6.10 Å². The molecule has 37 heavy (non-hydrogen) atoms. The number of nitrogens with one attached hydrogen (secondary N) is 1. The van der Waals surface area contributed by atoms with Crippen molar-refractivity contribution in [1.82, 2.24) is 10.2 Å².